The Morgan fingerprint density at radius 1 is 1.38 bits per heavy atom. The molecule has 2 N–H and O–H groups in total. The maximum atomic E-state index is 12.8. The number of anilines is 2. The van der Waals surface area contributed by atoms with Crippen LogP contribution in [0.25, 0.3) is 0 Å². The number of hydrogen-bond acceptors (Lipinski definition) is 5. The Balaban J connectivity index is 1.50. The van der Waals surface area contributed by atoms with E-state index in [0.717, 1.165) is 24.8 Å². The van der Waals surface area contributed by atoms with Gasteiger partial charge in [0.25, 0.3) is 5.91 Å². The summed E-state index contributed by atoms with van der Waals surface area (Å²) in [6.45, 7) is 1.55. The van der Waals surface area contributed by atoms with Crippen molar-refractivity contribution in [2.24, 2.45) is 5.92 Å². The van der Waals surface area contributed by atoms with Gasteiger partial charge in [-0.05, 0) is 36.8 Å². The molecule has 26 heavy (non-hydrogen) atoms. The first kappa shape index (κ1) is 16.6. The van der Waals surface area contributed by atoms with Crippen molar-refractivity contribution in [2.75, 3.05) is 36.9 Å². The molecule has 8 heteroatoms. The number of aromatic nitrogens is 3. The summed E-state index contributed by atoms with van der Waals surface area (Å²) in [4.78, 5) is 32.9. The first-order valence-corrected chi connectivity index (χ1v) is 8.89. The Morgan fingerprint density at radius 2 is 2.23 bits per heavy atom. The van der Waals surface area contributed by atoms with Crippen LogP contribution in [0, 0.1) is 5.92 Å². The highest BCUT2D eigenvalue weighted by Crippen LogP contribution is 2.35. The summed E-state index contributed by atoms with van der Waals surface area (Å²) in [5.74, 6) is 1.17. The van der Waals surface area contributed by atoms with Crippen LogP contribution in [0.15, 0.2) is 24.7 Å². The zero-order valence-electron chi connectivity index (χ0n) is 14.7. The average molecular weight is 354 g/mol. The van der Waals surface area contributed by atoms with Crippen molar-refractivity contribution < 1.29 is 9.59 Å². The van der Waals surface area contributed by atoms with E-state index in [1.807, 2.05) is 6.20 Å². The van der Waals surface area contributed by atoms with Gasteiger partial charge in [-0.1, -0.05) is 0 Å². The van der Waals surface area contributed by atoms with E-state index in [1.54, 1.807) is 35.3 Å². The summed E-state index contributed by atoms with van der Waals surface area (Å²) < 4.78 is 0. The van der Waals surface area contributed by atoms with Gasteiger partial charge >= 0.3 is 0 Å². The number of carbonyl (C=O) groups is 2. The monoisotopic (exact) mass is 354 g/mol. The molecule has 2 amide bonds. The number of nitrogens with one attached hydrogen (secondary N) is 2. The van der Waals surface area contributed by atoms with Gasteiger partial charge in [0.1, 0.15) is 5.82 Å². The van der Waals surface area contributed by atoms with E-state index in [1.165, 1.54) is 0 Å². The van der Waals surface area contributed by atoms with Gasteiger partial charge in [-0.25, -0.2) is 4.98 Å². The maximum absolute atomic E-state index is 12.8. The number of amides is 2. The molecule has 0 atom stereocenters. The lowest BCUT2D eigenvalue weighted by molar-refractivity contribution is -0.117. The van der Waals surface area contributed by atoms with E-state index in [0.29, 0.717) is 36.1 Å². The second kappa shape index (κ2) is 6.78. The van der Waals surface area contributed by atoms with Crippen LogP contribution in [-0.2, 0) is 11.2 Å². The molecule has 4 rings (SSSR count). The molecule has 2 aromatic heterocycles. The van der Waals surface area contributed by atoms with E-state index in [-0.39, 0.29) is 18.4 Å². The van der Waals surface area contributed by atoms with Gasteiger partial charge in [0, 0.05) is 32.5 Å². The lowest BCUT2D eigenvalue weighted by atomic mass is 10.1. The van der Waals surface area contributed by atoms with E-state index in [2.05, 4.69) is 20.5 Å². The molecular weight excluding hydrogens is 332 g/mol. The minimum atomic E-state index is -0.104. The van der Waals surface area contributed by atoms with Crippen molar-refractivity contribution in [3.05, 3.63) is 35.8 Å². The molecule has 1 saturated carbocycles. The summed E-state index contributed by atoms with van der Waals surface area (Å²) >= 11 is 0. The third-order valence-corrected chi connectivity index (χ3v) is 4.89. The predicted molar refractivity (Wildman–Crippen MR) is 97.1 cm³/mol. The molecule has 1 fully saturated rings. The summed E-state index contributed by atoms with van der Waals surface area (Å²) in [6.07, 6.45) is 8.21. The van der Waals surface area contributed by atoms with Crippen LogP contribution in [0.5, 0.6) is 0 Å². The minimum absolute atomic E-state index is 0.0316. The van der Waals surface area contributed by atoms with Gasteiger partial charge in [0.2, 0.25) is 5.91 Å². The Labute approximate surface area is 151 Å². The van der Waals surface area contributed by atoms with Gasteiger partial charge in [-0.2, -0.15) is 5.10 Å². The number of hydrogen-bond donors (Lipinski definition) is 2. The molecular formula is C18H22N6O2. The Morgan fingerprint density at radius 3 is 2.96 bits per heavy atom. The molecule has 8 nitrogen and oxygen atoms in total. The number of likely N-dealkylation sites (N-methyl/N-ethyl adjacent to an activating group) is 1. The average Bonchev–Trinajstić information content (AvgIpc) is 3.32. The second-order valence-corrected chi connectivity index (χ2v) is 6.98. The molecule has 3 heterocycles. The topological polar surface area (TPSA) is 94.2 Å². The van der Waals surface area contributed by atoms with Crippen molar-refractivity contribution >= 4 is 23.3 Å². The zero-order valence-corrected chi connectivity index (χ0v) is 14.7. The van der Waals surface area contributed by atoms with Crippen LogP contribution in [0.3, 0.4) is 0 Å². The standard InChI is InChI=1S/C18H22N6O2/c1-23(5-4-13-7-21-22-8-13)18(26)14-6-15-17(19-9-14)20-10-16(25)24(15)11-12-2-3-12/h6-9,12H,2-5,10-11H2,1H3,(H,19,20)(H,21,22). The van der Waals surface area contributed by atoms with Crippen LogP contribution in [0.1, 0.15) is 28.8 Å². The first-order valence-electron chi connectivity index (χ1n) is 8.89. The van der Waals surface area contributed by atoms with Crippen LogP contribution in [0.4, 0.5) is 11.5 Å². The first-order chi connectivity index (χ1) is 12.6. The maximum Gasteiger partial charge on any atom is 0.255 e. The lowest BCUT2D eigenvalue weighted by Gasteiger charge is -2.30. The number of pyridine rings is 1. The number of rotatable bonds is 6. The highest BCUT2D eigenvalue weighted by atomic mass is 16.2. The third kappa shape index (κ3) is 3.40. The molecule has 0 unspecified atom stereocenters. The quantitative estimate of drug-likeness (QED) is 0.815. The summed E-state index contributed by atoms with van der Waals surface area (Å²) in [5.41, 5.74) is 2.26. The molecule has 2 aromatic rings. The van der Waals surface area contributed by atoms with Crippen molar-refractivity contribution in [3.63, 3.8) is 0 Å². The molecule has 0 bridgehead atoms. The van der Waals surface area contributed by atoms with Crippen LogP contribution in [0.2, 0.25) is 0 Å². The SMILES string of the molecule is CN(CCc1cn[nH]c1)C(=O)c1cnc2c(c1)N(CC1CC1)C(=O)CN2. The molecule has 0 aromatic carbocycles. The normalized spacial score (nSPS) is 16.2. The van der Waals surface area contributed by atoms with Crippen molar-refractivity contribution in [3.8, 4) is 0 Å². The van der Waals surface area contributed by atoms with Crippen LogP contribution < -0.4 is 10.2 Å². The smallest absolute Gasteiger partial charge is 0.255 e. The largest absolute Gasteiger partial charge is 0.359 e. The number of nitrogens with zero attached hydrogens (tertiary/aromatic N) is 4. The molecule has 1 aliphatic carbocycles. The molecule has 0 radical (unpaired) electrons. The highest BCUT2D eigenvalue weighted by molar-refractivity contribution is 6.04. The third-order valence-electron chi connectivity index (χ3n) is 4.89. The van der Waals surface area contributed by atoms with E-state index in [9.17, 15) is 9.59 Å². The summed E-state index contributed by atoms with van der Waals surface area (Å²) in [7, 11) is 1.77. The lowest BCUT2D eigenvalue weighted by Crippen LogP contribution is -2.41. The van der Waals surface area contributed by atoms with Crippen molar-refractivity contribution in [2.45, 2.75) is 19.3 Å². The van der Waals surface area contributed by atoms with Crippen LogP contribution >= 0.6 is 0 Å². The number of aromatic amines is 1. The van der Waals surface area contributed by atoms with Crippen molar-refractivity contribution in [1.29, 1.82) is 0 Å². The van der Waals surface area contributed by atoms with Crippen LogP contribution in [-0.4, -0.2) is 58.6 Å². The van der Waals surface area contributed by atoms with Gasteiger partial charge in [0.05, 0.1) is 24.0 Å². The number of fused-ring (bicyclic) bond motifs is 1. The molecule has 1 aliphatic heterocycles. The van der Waals surface area contributed by atoms with Gasteiger partial charge in [-0.3, -0.25) is 14.7 Å². The van der Waals surface area contributed by atoms with Crippen molar-refractivity contribution in [1.82, 2.24) is 20.1 Å². The number of carbonyl (C=O) groups excluding carboxylic acids is 2. The highest BCUT2D eigenvalue weighted by Gasteiger charge is 2.32. The van der Waals surface area contributed by atoms with E-state index in [4.69, 9.17) is 0 Å². The number of H-pyrrole nitrogens is 1. The fourth-order valence-electron chi connectivity index (χ4n) is 3.09. The summed E-state index contributed by atoms with van der Waals surface area (Å²) in [6, 6.07) is 1.78. The predicted octanol–water partition coefficient (Wildman–Crippen LogP) is 1.29. The van der Waals surface area contributed by atoms with Gasteiger partial charge in [0.15, 0.2) is 0 Å². The zero-order chi connectivity index (χ0) is 18.1. The molecule has 2 aliphatic rings. The molecule has 0 saturated heterocycles. The Hall–Kier alpha value is -2.90. The Bertz CT molecular complexity index is 815. The van der Waals surface area contributed by atoms with E-state index < -0.39 is 0 Å². The second-order valence-electron chi connectivity index (χ2n) is 6.98. The summed E-state index contributed by atoms with van der Waals surface area (Å²) in [5, 5.41) is 9.72. The fourth-order valence-corrected chi connectivity index (χ4v) is 3.09. The van der Waals surface area contributed by atoms with Gasteiger partial charge < -0.3 is 15.1 Å². The van der Waals surface area contributed by atoms with Gasteiger partial charge in [-0.15, -0.1) is 0 Å². The fraction of sp³-hybridized carbons (Fsp3) is 0.444. The Kier molecular flexibility index (Phi) is 4.32. The molecule has 136 valence electrons. The molecule has 0 spiro atoms. The van der Waals surface area contributed by atoms with E-state index >= 15 is 0 Å². The minimum Gasteiger partial charge on any atom is -0.359 e.